The molecule has 0 atom stereocenters. The SMILES string of the molecule is CCN(CC)C(=O)c1cc(NC(C)=O)cc(NC(C)=O)c1. The van der Waals surface area contributed by atoms with Gasteiger partial charge in [0, 0.05) is 43.9 Å². The maximum absolute atomic E-state index is 12.4. The molecule has 6 heteroatoms. The smallest absolute Gasteiger partial charge is 0.253 e. The first-order valence-electron chi connectivity index (χ1n) is 6.86. The second kappa shape index (κ2) is 7.42. The Kier molecular flexibility index (Phi) is 5.90. The summed E-state index contributed by atoms with van der Waals surface area (Å²) >= 11 is 0. The van der Waals surface area contributed by atoms with E-state index in [9.17, 15) is 14.4 Å². The lowest BCUT2D eigenvalue weighted by molar-refractivity contribution is -0.115. The Balaban J connectivity index is 3.19. The molecule has 0 fully saturated rings. The van der Waals surface area contributed by atoms with E-state index in [-0.39, 0.29) is 17.7 Å². The van der Waals surface area contributed by atoms with Crippen LogP contribution in [0.5, 0.6) is 0 Å². The molecular formula is C15H21N3O3. The van der Waals surface area contributed by atoms with E-state index in [2.05, 4.69) is 10.6 Å². The van der Waals surface area contributed by atoms with Crippen molar-refractivity contribution in [3.05, 3.63) is 23.8 Å². The monoisotopic (exact) mass is 291 g/mol. The van der Waals surface area contributed by atoms with Crippen molar-refractivity contribution in [3.63, 3.8) is 0 Å². The summed E-state index contributed by atoms with van der Waals surface area (Å²) in [5.41, 5.74) is 1.38. The predicted octanol–water partition coefficient (Wildman–Crippen LogP) is 2.09. The number of benzene rings is 1. The van der Waals surface area contributed by atoms with Gasteiger partial charge in [-0.2, -0.15) is 0 Å². The fraction of sp³-hybridized carbons (Fsp3) is 0.400. The highest BCUT2D eigenvalue weighted by Gasteiger charge is 2.15. The molecule has 0 spiro atoms. The standard InChI is InChI=1S/C15H21N3O3/c1-5-18(6-2)15(21)12-7-13(16-10(3)19)9-14(8-12)17-11(4)20/h7-9H,5-6H2,1-4H3,(H,16,19)(H,17,20). The van der Waals surface area contributed by atoms with Gasteiger partial charge in [0.15, 0.2) is 0 Å². The third-order valence-electron chi connectivity index (χ3n) is 2.87. The molecule has 0 saturated carbocycles. The maximum Gasteiger partial charge on any atom is 0.253 e. The molecule has 0 unspecified atom stereocenters. The topological polar surface area (TPSA) is 78.5 Å². The molecule has 0 heterocycles. The van der Waals surface area contributed by atoms with Gasteiger partial charge in [-0.25, -0.2) is 0 Å². The second-order valence-corrected chi connectivity index (χ2v) is 4.64. The minimum Gasteiger partial charge on any atom is -0.339 e. The Bertz CT molecular complexity index is 517. The molecule has 1 rings (SSSR count). The van der Waals surface area contributed by atoms with E-state index in [1.165, 1.54) is 13.8 Å². The fourth-order valence-corrected chi connectivity index (χ4v) is 2.00. The summed E-state index contributed by atoms with van der Waals surface area (Å²) in [5, 5.41) is 5.26. The Hall–Kier alpha value is -2.37. The molecule has 2 N–H and O–H groups in total. The Morgan fingerprint density at radius 3 is 1.67 bits per heavy atom. The summed E-state index contributed by atoms with van der Waals surface area (Å²) in [4.78, 5) is 36.4. The molecule has 21 heavy (non-hydrogen) atoms. The van der Waals surface area contributed by atoms with Crippen molar-refractivity contribution in [2.24, 2.45) is 0 Å². The molecule has 0 bridgehead atoms. The first-order chi connectivity index (χ1) is 9.87. The van der Waals surface area contributed by atoms with Crippen LogP contribution in [0.15, 0.2) is 18.2 Å². The Labute approximate surface area is 124 Å². The van der Waals surface area contributed by atoms with Crippen LogP contribution in [-0.4, -0.2) is 35.7 Å². The van der Waals surface area contributed by atoms with Crippen molar-refractivity contribution in [2.75, 3.05) is 23.7 Å². The first-order valence-corrected chi connectivity index (χ1v) is 6.86. The first kappa shape index (κ1) is 16.7. The summed E-state index contributed by atoms with van der Waals surface area (Å²) in [7, 11) is 0. The molecule has 6 nitrogen and oxygen atoms in total. The normalized spacial score (nSPS) is 9.90. The van der Waals surface area contributed by atoms with E-state index < -0.39 is 0 Å². The molecule has 0 aliphatic heterocycles. The summed E-state index contributed by atoms with van der Waals surface area (Å²) < 4.78 is 0. The lowest BCUT2D eigenvalue weighted by atomic mass is 10.1. The van der Waals surface area contributed by atoms with Crippen LogP contribution in [-0.2, 0) is 9.59 Å². The van der Waals surface area contributed by atoms with Gasteiger partial charge in [-0.3, -0.25) is 14.4 Å². The van der Waals surface area contributed by atoms with E-state index in [0.29, 0.717) is 30.0 Å². The maximum atomic E-state index is 12.4. The molecular weight excluding hydrogens is 270 g/mol. The number of carbonyl (C=O) groups is 3. The van der Waals surface area contributed by atoms with Gasteiger partial charge < -0.3 is 15.5 Å². The fourth-order valence-electron chi connectivity index (χ4n) is 2.00. The minimum atomic E-state index is -0.240. The van der Waals surface area contributed by atoms with E-state index >= 15 is 0 Å². The van der Waals surface area contributed by atoms with Crippen LogP contribution in [0, 0.1) is 0 Å². The average Bonchev–Trinajstić information content (AvgIpc) is 2.38. The van der Waals surface area contributed by atoms with E-state index in [0.717, 1.165) is 0 Å². The lowest BCUT2D eigenvalue weighted by Crippen LogP contribution is -2.30. The number of nitrogens with zero attached hydrogens (tertiary/aromatic N) is 1. The number of rotatable bonds is 5. The van der Waals surface area contributed by atoms with Crippen LogP contribution in [0.1, 0.15) is 38.1 Å². The van der Waals surface area contributed by atoms with Crippen LogP contribution >= 0.6 is 0 Å². The van der Waals surface area contributed by atoms with E-state index in [1.54, 1.807) is 23.1 Å². The Morgan fingerprint density at radius 2 is 1.33 bits per heavy atom. The lowest BCUT2D eigenvalue weighted by Gasteiger charge is -2.19. The second-order valence-electron chi connectivity index (χ2n) is 4.64. The number of nitrogens with one attached hydrogen (secondary N) is 2. The zero-order valence-corrected chi connectivity index (χ0v) is 12.8. The summed E-state index contributed by atoms with van der Waals surface area (Å²) in [6.07, 6.45) is 0. The molecule has 1 aromatic rings. The van der Waals surface area contributed by atoms with Gasteiger partial charge >= 0.3 is 0 Å². The number of anilines is 2. The van der Waals surface area contributed by atoms with Gasteiger partial charge in [0.25, 0.3) is 5.91 Å². The summed E-state index contributed by atoms with van der Waals surface area (Å²) in [6.45, 7) is 7.75. The van der Waals surface area contributed by atoms with Crippen LogP contribution in [0.25, 0.3) is 0 Å². The van der Waals surface area contributed by atoms with Gasteiger partial charge in [-0.1, -0.05) is 0 Å². The van der Waals surface area contributed by atoms with Crippen molar-refractivity contribution in [1.29, 1.82) is 0 Å². The Morgan fingerprint density at radius 1 is 0.905 bits per heavy atom. The van der Waals surface area contributed by atoms with E-state index in [1.807, 2.05) is 13.8 Å². The number of hydrogen-bond donors (Lipinski definition) is 2. The van der Waals surface area contributed by atoms with Crippen molar-refractivity contribution >= 4 is 29.1 Å². The highest BCUT2D eigenvalue weighted by molar-refractivity contribution is 5.99. The van der Waals surface area contributed by atoms with Crippen molar-refractivity contribution < 1.29 is 14.4 Å². The molecule has 3 amide bonds. The minimum absolute atomic E-state index is 0.140. The van der Waals surface area contributed by atoms with E-state index in [4.69, 9.17) is 0 Å². The highest BCUT2D eigenvalue weighted by atomic mass is 16.2. The van der Waals surface area contributed by atoms with Gasteiger partial charge in [0.2, 0.25) is 11.8 Å². The van der Waals surface area contributed by atoms with Crippen LogP contribution in [0.2, 0.25) is 0 Å². The summed E-state index contributed by atoms with van der Waals surface area (Å²) in [5.74, 6) is -0.619. The molecule has 0 aromatic heterocycles. The van der Waals surface area contributed by atoms with Crippen LogP contribution in [0.4, 0.5) is 11.4 Å². The summed E-state index contributed by atoms with van der Waals surface area (Å²) in [6, 6.07) is 4.82. The third-order valence-corrected chi connectivity index (χ3v) is 2.87. The third kappa shape index (κ3) is 4.91. The largest absolute Gasteiger partial charge is 0.339 e. The predicted molar refractivity (Wildman–Crippen MR) is 82.3 cm³/mol. The van der Waals surface area contributed by atoms with Crippen LogP contribution in [0.3, 0.4) is 0 Å². The number of carbonyl (C=O) groups excluding carboxylic acids is 3. The van der Waals surface area contributed by atoms with Crippen molar-refractivity contribution in [3.8, 4) is 0 Å². The molecule has 0 aliphatic rings. The zero-order chi connectivity index (χ0) is 16.0. The van der Waals surface area contributed by atoms with Gasteiger partial charge in [0.05, 0.1) is 0 Å². The quantitative estimate of drug-likeness (QED) is 0.872. The molecule has 0 saturated heterocycles. The van der Waals surface area contributed by atoms with Gasteiger partial charge in [-0.15, -0.1) is 0 Å². The van der Waals surface area contributed by atoms with Crippen LogP contribution < -0.4 is 10.6 Å². The molecule has 0 radical (unpaired) electrons. The molecule has 1 aromatic carbocycles. The number of amides is 3. The van der Waals surface area contributed by atoms with Crippen molar-refractivity contribution in [1.82, 2.24) is 4.90 Å². The van der Waals surface area contributed by atoms with Gasteiger partial charge in [0.1, 0.15) is 0 Å². The zero-order valence-electron chi connectivity index (χ0n) is 12.8. The number of hydrogen-bond acceptors (Lipinski definition) is 3. The highest BCUT2D eigenvalue weighted by Crippen LogP contribution is 2.20. The average molecular weight is 291 g/mol. The van der Waals surface area contributed by atoms with Gasteiger partial charge in [-0.05, 0) is 32.0 Å². The van der Waals surface area contributed by atoms with Crippen molar-refractivity contribution in [2.45, 2.75) is 27.7 Å². The molecule has 114 valence electrons. The molecule has 0 aliphatic carbocycles.